The summed E-state index contributed by atoms with van der Waals surface area (Å²) >= 11 is 5.88. The first-order chi connectivity index (χ1) is 15.3. The first kappa shape index (κ1) is 22.5. The van der Waals surface area contributed by atoms with Crippen molar-refractivity contribution in [3.63, 3.8) is 0 Å². The summed E-state index contributed by atoms with van der Waals surface area (Å²) in [4.78, 5) is 20.9. The highest BCUT2D eigenvalue weighted by atomic mass is 35.5. The molecule has 1 N–H and O–H groups in total. The molecule has 0 unspecified atom stereocenters. The Balaban J connectivity index is 1.69. The summed E-state index contributed by atoms with van der Waals surface area (Å²) in [5, 5.41) is 13.5. The second-order valence-electron chi connectivity index (χ2n) is 7.54. The number of alkyl halides is 3. The highest BCUT2D eigenvalue weighted by molar-refractivity contribution is 6.30. The quantitative estimate of drug-likeness (QED) is 0.638. The molecule has 11 heteroatoms. The normalized spacial score (nSPS) is 15.8. The van der Waals surface area contributed by atoms with Crippen molar-refractivity contribution in [2.24, 2.45) is 0 Å². The van der Waals surface area contributed by atoms with Crippen LogP contribution in [-0.2, 0) is 6.18 Å². The van der Waals surface area contributed by atoms with Crippen LogP contribution in [0.5, 0.6) is 0 Å². The van der Waals surface area contributed by atoms with Crippen molar-refractivity contribution in [3.05, 3.63) is 52.8 Å². The molecule has 0 aliphatic carbocycles. The molecule has 0 bridgehead atoms. The summed E-state index contributed by atoms with van der Waals surface area (Å²) in [5.41, 5.74) is -0.601. The Kier molecular flexibility index (Phi) is 6.36. The average molecular weight is 468 g/mol. The smallest absolute Gasteiger partial charge is 0.395 e. The maximum Gasteiger partial charge on any atom is 0.433 e. The lowest BCUT2D eigenvalue weighted by Crippen LogP contribution is -2.36. The first-order valence-corrected chi connectivity index (χ1v) is 10.5. The fourth-order valence-corrected chi connectivity index (χ4v) is 3.88. The monoisotopic (exact) mass is 467 g/mol. The van der Waals surface area contributed by atoms with E-state index in [1.165, 1.54) is 6.07 Å². The van der Waals surface area contributed by atoms with Gasteiger partial charge in [-0.05, 0) is 31.2 Å². The predicted molar refractivity (Wildman–Crippen MR) is 112 cm³/mol. The number of aliphatic hydroxyl groups excluding tert-OH is 1. The van der Waals surface area contributed by atoms with Gasteiger partial charge >= 0.3 is 6.18 Å². The highest BCUT2D eigenvalue weighted by Gasteiger charge is 2.36. The van der Waals surface area contributed by atoms with E-state index in [0.717, 1.165) is 12.6 Å². The molecule has 1 saturated heterocycles. The van der Waals surface area contributed by atoms with E-state index < -0.39 is 17.8 Å². The number of halogens is 4. The fraction of sp³-hybridized carbons (Fsp3) is 0.381. The zero-order chi connectivity index (χ0) is 22.9. The summed E-state index contributed by atoms with van der Waals surface area (Å²) in [7, 11) is 0. The van der Waals surface area contributed by atoms with E-state index in [-0.39, 0.29) is 23.6 Å². The number of benzene rings is 1. The van der Waals surface area contributed by atoms with Gasteiger partial charge in [0.25, 0.3) is 5.91 Å². The summed E-state index contributed by atoms with van der Waals surface area (Å²) in [6, 6.07) is 8.50. The summed E-state index contributed by atoms with van der Waals surface area (Å²) in [6.45, 7) is 2.73. The van der Waals surface area contributed by atoms with E-state index in [2.05, 4.69) is 10.1 Å². The molecule has 0 saturated carbocycles. The molecule has 1 aliphatic heterocycles. The Bertz CT molecular complexity index is 1120. The zero-order valence-electron chi connectivity index (χ0n) is 17.0. The SMILES string of the molecule is O=C(c1cc2nc(-c3ccc(Cl)cc3)cc(C(F)(F)F)n2n1)N1CCCN(CCO)CC1. The van der Waals surface area contributed by atoms with Crippen LogP contribution >= 0.6 is 11.6 Å². The van der Waals surface area contributed by atoms with Gasteiger partial charge in [0.2, 0.25) is 0 Å². The van der Waals surface area contributed by atoms with Crippen molar-refractivity contribution >= 4 is 23.2 Å². The van der Waals surface area contributed by atoms with Crippen molar-refractivity contribution in [2.75, 3.05) is 39.3 Å². The second-order valence-corrected chi connectivity index (χ2v) is 7.98. The van der Waals surface area contributed by atoms with Crippen LogP contribution in [0.25, 0.3) is 16.9 Å². The lowest BCUT2D eigenvalue weighted by Gasteiger charge is -2.20. The third-order valence-electron chi connectivity index (χ3n) is 5.37. The Labute approximate surface area is 187 Å². The van der Waals surface area contributed by atoms with Gasteiger partial charge in [-0.2, -0.15) is 18.3 Å². The molecule has 1 aromatic carbocycles. The van der Waals surface area contributed by atoms with Gasteiger partial charge < -0.3 is 10.0 Å². The van der Waals surface area contributed by atoms with Crippen LogP contribution in [0.3, 0.4) is 0 Å². The minimum Gasteiger partial charge on any atom is -0.395 e. The molecule has 3 heterocycles. The first-order valence-electron chi connectivity index (χ1n) is 10.1. The number of carbonyl (C=O) groups excluding carboxylic acids is 1. The van der Waals surface area contributed by atoms with Crippen LogP contribution in [0.4, 0.5) is 13.2 Å². The van der Waals surface area contributed by atoms with Gasteiger partial charge in [-0.25, -0.2) is 9.50 Å². The molecule has 7 nitrogen and oxygen atoms in total. The van der Waals surface area contributed by atoms with E-state index >= 15 is 0 Å². The maximum atomic E-state index is 13.8. The molecular weight excluding hydrogens is 447 g/mol. The van der Waals surface area contributed by atoms with Gasteiger partial charge in [-0.15, -0.1) is 0 Å². The van der Waals surface area contributed by atoms with Crippen molar-refractivity contribution in [1.82, 2.24) is 24.4 Å². The zero-order valence-corrected chi connectivity index (χ0v) is 17.8. The molecule has 0 radical (unpaired) electrons. The van der Waals surface area contributed by atoms with Crippen molar-refractivity contribution < 1.29 is 23.1 Å². The Morgan fingerprint density at radius 2 is 1.84 bits per heavy atom. The molecule has 1 aliphatic rings. The summed E-state index contributed by atoms with van der Waals surface area (Å²) in [5.74, 6) is -0.442. The van der Waals surface area contributed by atoms with E-state index in [1.54, 1.807) is 29.2 Å². The van der Waals surface area contributed by atoms with E-state index in [0.29, 0.717) is 47.7 Å². The number of aliphatic hydroxyl groups is 1. The van der Waals surface area contributed by atoms with Crippen LogP contribution in [0.15, 0.2) is 36.4 Å². The number of hydrogen-bond donors (Lipinski definition) is 1. The van der Waals surface area contributed by atoms with Gasteiger partial charge in [0.1, 0.15) is 0 Å². The predicted octanol–water partition coefficient (Wildman–Crippen LogP) is 3.21. The van der Waals surface area contributed by atoms with Crippen LogP contribution in [0.1, 0.15) is 22.6 Å². The minimum absolute atomic E-state index is 0.0300. The third-order valence-corrected chi connectivity index (χ3v) is 5.62. The molecule has 170 valence electrons. The number of aromatic nitrogens is 3. The molecule has 32 heavy (non-hydrogen) atoms. The van der Waals surface area contributed by atoms with Gasteiger partial charge in [0.05, 0.1) is 12.3 Å². The lowest BCUT2D eigenvalue weighted by atomic mass is 10.1. The van der Waals surface area contributed by atoms with Gasteiger partial charge in [-0.1, -0.05) is 23.7 Å². The number of nitrogens with zero attached hydrogens (tertiary/aromatic N) is 5. The van der Waals surface area contributed by atoms with E-state index in [1.807, 2.05) is 4.90 Å². The summed E-state index contributed by atoms with van der Waals surface area (Å²) < 4.78 is 42.0. The molecule has 2 aromatic heterocycles. The fourth-order valence-electron chi connectivity index (χ4n) is 3.75. The number of hydrogen-bond acceptors (Lipinski definition) is 5. The van der Waals surface area contributed by atoms with Gasteiger partial charge in [0, 0.05) is 42.8 Å². The van der Waals surface area contributed by atoms with Crippen molar-refractivity contribution in [1.29, 1.82) is 0 Å². The maximum absolute atomic E-state index is 13.8. The third kappa shape index (κ3) is 4.72. The minimum atomic E-state index is -4.69. The Morgan fingerprint density at radius 3 is 2.53 bits per heavy atom. The molecule has 4 rings (SSSR count). The van der Waals surface area contributed by atoms with Crippen molar-refractivity contribution in [2.45, 2.75) is 12.6 Å². The number of fused-ring (bicyclic) bond motifs is 1. The van der Waals surface area contributed by atoms with Gasteiger partial charge in [-0.3, -0.25) is 9.69 Å². The molecule has 3 aromatic rings. The van der Waals surface area contributed by atoms with Crippen LogP contribution in [0.2, 0.25) is 5.02 Å². The number of amides is 1. The van der Waals surface area contributed by atoms with Crippen LogP contribution in [0, 0.1) is 0 Å². The Hall–Kier alpha value is -2.69. The largest absolute Gasteiger partial charge is 0.433 e. The molecular formula is C21H21ClF3N5O2. The highest BCUT2D eigenvalue weighted by Crippen LogP contribution is 2.32. The number of rotatable bonds is 4. The van der Waals surface area contributed by atoms with Gasteiger partial charge in [0.15, 0.2) is 17.0 Å². The molecule has 0 spiro atoms. The standard InChI is InChI=1S/C21H21ClF3N5O2/c22-15-4-2-14(3-5-15)16-12-18(21(23,24)25)30-19(26-16)13-17(27-30)20(32)29-7-1-6-28(8-9-29)10-11-31/h2-5,12-13,31H,1,6-11H2. The average Bonchev–Trinajstić information content (AvgIpc) is 3.05. The van der Waals surface area contributed by atoms with E-state index in [9.17, 15) is 18.0 Å². The number of carbonyl (C=O) groups is 1. The Morgan fingerprint density at radius 1 is 1.09 bits per heavy atom. The molecule has 1 fully saturated rings. The lowest BCUT2D eigenvalue weighted by molar-refractivity contribution is -0.142. The number of β-amino-alcohol motifs (C(OH)–C–C–N with tert-alkyl or cyclic N) is 1. The molecule has 0 atom stereocenters. The van der Waals surface area contributed by atoms with Crippen LogP contribution < -0.4 is 0 Å². The summed E-state index contributed by atoms with van der Waals surface area (Å²) in [6.07, 6.45) is -3.99. The molecule has 1 amide bonds. The van der Waals surface area contributed by atoms with E-state index in [4.69, 9.17) is 16.7 Å². The van der Waals surface area contributed by atoms with Crippen molar-refractivity contribution in [3.8, 4) is 11.3 Å². The van der Waals surface area contributed by atoms with Crippen LogP contribution in [-0.4, -0.2) is 74.7 Å². The second kappa shape index (κ2) is 9.05. The topological polar surface area (TPSA) is 74.0 Å².